The van der Waals surface area contributed by atoms with Crippen molar-refractivity contribution in [3.8, 4) is 11.5 Å². The molecule has 1 aromatic rings. The summed E-state index contributed by atoms with van der Waals surface area (Å²) < 4.78 is 39.7. The standard InChI is InChI=1S/C8H7F3N2O4/c9-8(10,11)17-6-3(1-12)4(14)2-13-5(6)7(15)16/h2,14H,1,12H2,(H,15,16). The van der Waals surface area contributed by atoms with Crippen LogP contribution in [-0.2, 0) is 6.54 Å². The van der Waals surface area contributed by atoms with E-state index < -0.39 is 41.6 Å². The molecule has 1 heterocycles. The average molecular weight is 252 g/mol. The van der Waals surface area contributed by atoms with Crippen LogP contribution in [0, 0.1) is 0 Å². The van der Waals surface area contributed by atoms with Crippen LogP contribution < -0.4 is 10.5 Å². The summed E-state index contributed by atoms with van der Waals surface area (Å²) in [6.45, 7) is -0.528. The molecule has 0 saturated carbocycles. The van der Waals surface area contributed by atoms with E-state index in [9.17, 15) is 23.1 Å². The highest BCUT2D eigenvalue weighted by atomic mass is 19.4. The molecule has 0 aliphatic heterocycles. The van der Waals surface area contributed by atoms with Crippen LogP contribution in [0.15, 0.2) is 6.20 Å². The molecule has 0 saturated heterocycles. The Kier molecular flexibility index (Phi) is 3.42. The molecule has 0 spiro atoms. The van der Waals surface area contributed by atoms with Gasteiger partial charge in [-0.1, -0.05) is 0 Å². The minimum Gasteiger partial charge on any atom is -0.506 e. The number of nitrogens with two attached hydrogens (primary N) is 1. The Morgan fingerprint density at radius 3 is 2.53 bits per heavy atom. The largest absolute Gasteiger partial charge is 0.573 e. The molecular formula is C8H7F3N2O4. The Morgan fingerprint density at radius 1 is 1.53 bits per heavy atom. The van der Waals surface area contributed by atoms with Crippen LogP contribution in [0.4, 0.5) is 13.2 Å². The van der Waals surface area contributed by atoms with E-state index in [1.54, 1.807) is 0 Å². The maximum absolute atomic E-state index is 12.1. The van der Waals surface area contributed by atoms with Gasteiger partial charge in [-0.15, -0.1) is 13.2 Å². The number of alkyl halides is 3. The van der Waals surface area contributed by atoms with Gasteiger partial charge in [-0.05, 0) is 0 Å². The van der Waals surface area contributed by atoms with Crippen LogP contribution in [0.25, 0.3) is 0 Å². The molecular weight excluding hydrogens is 245 g/mol. The van der Waals surface area contributed by atoms with E-state index in [1.807, 2.05) is 0 Å². The minimum absolute atomic E-state index is 0.477. The number of hydrogen-bond acceptors (Lipinski definition) is 5. The summed E-state index contributed by atoms with van der Waals surface area (Å²) in [7, 11) is 0. The van der Waals surface area contributed by atoms with E-state index in [1.165, 1.54) is 0 Å². The highest BCUT2D eigenvalue weighted by Gasteiger charge is 2.35. The van der Waals surface area contributed by atoms with Crippen molar-refractivity contribution in [1.82, 2.24) is 4.98 Å². The molecule has 0 unspecified atom stereocenters. The third-order valence-corrected chi connectivity index (χ3v) is 1.74. The smallest absolute Gasteiger partial charge is 0.506 e. The van der Waals surface area contributed by atoms with Gasteiger partial charge in [-0.25, -0.2) is 9.78 Å². The predicted octanol–water partition coefficient (Wildman–Crippen LogP) is 0.843. The average Bonchev–Trinajstić information content (AvgIpc) is 2.15. The fourth-order valence-corrected chi connectivity index (χ4v) is 1.10. The summed E-state index contributed by atoms with van der Waals surface area (Å²) in [5.41, 5.74) is 3.66. The fourth-order valence-electron chi connectivity index (χ4n) is 1.10. The predicted molar refractivity (Wildman–Crippen MR) is 47.4 cm³/mol. The number of aromatic nitrogens is 1. The molecule has 94 valence electrons. The monoisotopic (exact) mass is 252 g/mol. The second kappa shape index (κ2) is 4.45. The first-order chi connectivity index (χ1) is 7.76. The summed E-state index contributed by atoms with van der Waals surface area (Å²) in [5, 5.41) is 17.9. The number of aromatic carboxylic acids is 1. The molecule has 0 fully saturated rings. The van der Waals surface area contributed by atoms with Crippen LogP contribution in [0.5, 0.6) is 11.5 Å². The number of halogens is 3. The van der Waals surface area contributed by atoms with E-state index >= 15 is 0 Å². The summed E-state index contributed by atoms with van der Waals surface area (Å²) in [6.07, 6.45) is -4.42. The number of carboxylic acids is 1. The third-order valence-electron chi connectivity index (χ3n) is 1.74. The Labute approximate surface area is 92.4 Å². The molecule has 0 bridgehead atoms. The first-order valence-corrected chi connectivity index (χ1v) is 4.16. The zero-order valence-corrected chi connectivity index (χ0v) is 8.15. The number of hydrogen-bond donors (Lipinski definition) is 3. The van der Waals surface area contributed by atoms with Crippen molar-refractivity contribution in [2.75, 3.05) is 0 Å². The summed E-state index contributed by atoms with van der Waals surface area (Å²) in [4.78, 5) is 13.8. The Hall–Kier alpha value is -2.03. The fraction of sp³-hybridized carbons (Fsp3) is 0.250. The lowest BCUT2D eigenvalue weighted by Crippen LogP contribution is -2.21. The zero-order valence-electron chi connectivity index (χ0n) is 8.15. The highest BCUT2D eigenvalue weighted by Crippen LogP contribution is 2.33. The minimum atomic E-state index is -5.11. The number of pyridine rings is 1. The van der Waals surface area contributed by atoms with Gasteiger partial charge in [0.1, 0.15) is 5.75 Å². The lowest BCUT2D eigenvalue weighted by molar-refractivity contribution is -0.275. The van der Waals surface area contributed by atoms with Crippen LogP contribution in [-0.4, -0.2) is 27.5 Å². The second-order valence-electron chi connectivity index (χ2n) is 2.86. The van der Waals surface area contributed by atoms with Crippen molar-refractivity contribution in [2.45, 2.75) is 12.9 Å². The maximum atomic E-state index is 12.1. The number of carboxylic acid groups (broad SMARTS) is 1. The molecule has 1 rings (SSSR count). The molecule has 9 heteroatoms. The van der Waals surface area contributed by atoms with E-state index in [-0.39, 0.29) is 0 Å². The lowest BCUT2D eigenvalue weighted by Gasteiger charge is -2.14. The third kappa shape index (κ3) is 2.97. The normalized spacial score (nSPS) is 11.3. The Balaban J connectivity index is 3.39. The molecule has 6 nitrogen and oxygen atoms in total. The lowest BCUT2D eigenvalue weighted by atomic mass is 10.2. The molecule has 0 atom stereocenters. The van der Waals surface area contributed by atoms with E-state index in [0.29, 0.717) is 6.20 Å². The van der Waals surface area contributed by atoms with Gasteiger partial charge in [-0.3, -0.25) is 0 Å². The number of aromatic hydroxyl groups is 1. The number of rotatable bonds is 3. The molecule has 1 aromatic heterocycles. The number of nitrogens with zero attached hydrogens (tertiary/aromatic N) is 1. The van der Waals surface area contributed by atoms with Crippen LogP contribution in [0.1, 0.15) is 16.1 Å². The van der Waals surface area contributed by atoms with E-state index in [0.717, 1.165) is 0 Å². The molecule has 0 aromatic carbocycles. The molecule has 4 N–H and O–H groups in total. The van der Waals surface area contributed by atoms with Gasteiger partial charge in [0.25, 0.3) is 0 Å². The van der Waals surface area contributed by atoms with E-state index in [2.05, 4.69) is 9.72 Å². The topological polar surface area (TPSA) is 106 Å². The summed E-state index contributed by atoms with van der Waals surface area (Å²) in [5.74, 6) is -3.50. The molecule has 0 radical (unpaired) electrons. The van der Waals surface area contributed by atoms with Crippen molar-refractivity contribution in [2.24, 2.45) is 5.73 Å². The molecule has 0 amide bonds. The highest BCUT2D eigenvalue weighted by molar-refractivity contribution is 5.89. The Morgan fingerprint density at radius 2 is 2.12 bits per heavy atom. The van der Waals surface area contributed by atoms with Gasteiger partial charge in [0, 0.05) is 6.54 Å². The Bertz CT molecular complexity index is 447. The van der Waals surface area contributed by atoms with Crippen LogP contribution in [0.2, 0.25) is 0 Å². The second-order valence-corrected chi connectivity index (χ2v) is 2.86. The van der Waals surface area contributed by atoms with Crippen molar-refractivity contribution >= 4 is 5.97 Å². The van der Waals surface area contributed by atoms with Crippen molar-refractivity contribution in [1.29, 1.82) is 0 Å². The van der Waals surface area contributed by atoms with Gasteiger partial charge in [0.15, 0.2) is 11.4 Å². The summed E-state index contributed by atoms with van der Waals surface area (Å²) >= 11 is 0. The van der Waals surface area contributed by atoms with E-state index in [4.69, 9.17) is 10.8 Å². The SMILES string of the molecule is NCc1c(O)cnc(C(=O)O)c1OC(F)(F)F. The molecule has 0 aliphatic rings. The van der Waals surface area contributed by atoms with Gasteiger partial charge >= 0.3 is 12.3 Å². The van der Waals surface area contributed by atoms with Crippen LogP contribution in [0.3, 0.4) is 0 Å². The number of ether oxygens (including phenoxy) is 1. The quantitative estimate of drug-likeness (QED) is 0.736. The van der Waals surface area contributed by atoms with Gasteiger partial charge in [0.2, 0.25) is 0 Å². The van der Waals surface area contributed by atoms with Crippen molar-refractivity contribution < 1.29 is 32.9 Å². The first-order valence-electron chi connectivity index (χ1n) is 4.16. The van der Waals surface area contributed by atoms with Gasteiger partial charge in [-0.2, -0.15) is 0 Å². The molecule has 0 aliphatic carbocycles. The maximum Gasteiger partial charge on any atom is 0.573 e. The number of carbonyl (C=O) groups is 1. The van der Waals surface area contributed by atoms with Crippen LogP contribution >= 0.6 is 0 Å². The first kappa shape index (κ1) is 13.0. The zero-order chi connectivity index (χ0) is 13.2. The molecule has 17 heavy (non-hydrogen) atoms. The van der Waals surface area contributed by atoms with Gasteiger partial charge in [0.05, 0.1) is 11.8 Å². The summed E-state index contributed by atoms with van der Waals surface area (Å²) in [6, 6.07) is 0. The van der Waals surface area contributed by atoms with Gasteiger partial charge < -0.3 is 20.7 Å². The van der Waals surface area contributed by atoms with Crippen molar-refractivity contribution in [3.63, 3.8) is 0 Å². The van der Waals surface area contributed by atoms with Crippen molar-refractivity contribution in [3.05, 3.63) is 17.5 Å².